The Labute approximate surface area is 128 Å². The monoisotopic (exact) mass is 292 g/mol. The third-order valence-corrected chi connectivity index (χ3v) is 4.28. The van der Waals surface area contributed by atoms with Crippen LogP contribution in [-0.4, -0.2) is 24.1 Å². The molecule has 1 aliphatic rings. The van der Waals surface area contributed by atoms with Crippen molar-refractivity contribution in [2.75, 3.05) is 0 Å². The van der Waals surface area contributed by atoms with Gasteiger partial charge >= 0.3 is 0 Å². The van der Waals surface area contributed by atoms with Gasteiger partial charge < -0.3 is 15.4 Å². The van der Waals surface area contributed by atoms with Crippen molar-refractivity contribution in [1.29, 1.82) is 0 Å². The Morgan fingerprint density at radius 2 is 2.24 bits per heavy atom. The second-order valence-corrected chi connectivity index (χ2v) is 6.01. The van der Waals surface area contributed by atoms with Gasteiger partial charge in [0.05, 0.1) is 24.0 Å². The van der Waals surface area contributed by atoms with Gasteiger partial charge in [0.2, 0.25) is 0 Å². The minimum Gasteiger partial charge on any atom is -0.493 e. The molecule has 1 heterocycles. The summed E-state index contributed by atoms with van der Waals surface area (Å²) >= 11 is 0. The molecule has 5 atom stereocenters. The molecule has 0 aliphatic carbocycles. The van der Waals surface area contributed by atoms with Crippen LogP contribution in [0.25, 0.3) is 0 Å². The highest BCUT2D eigenvalue weighted by Gasteiger charge is 2.38. The highest BCUT2D eigenvalue weighted by Crippen LogP contribution is 2.29. The summed E-state index contributed by atoms with van der Waals surface area (Å²) in [7, 11) is 0. The summed E-state index contributed by atoms with van der Waals surface area (Å²) in [5, 5.41) is 6.49. The van der Waals surface area contributed by atoms with E-state index >= 15 is 0 Å². The zero-order valence-electron chi connectivity index (χ0n) is 13.8. The van der Waals surface area contributed by atoms with E-state index in [1.807, 2.05) is 19.9 Å². The van der Waals surface area contributed by atoms with E-state index < -0.39 is 0 Å². The Bertz CT molecular complexity index is 438. The van der Waals surface area contributed by atoms with Gasteiger partial charge in [0.1, 0.15) is 12.0 Å². The van der Waals surface area contributed by atoms with Crippen molar-refractivity contribution in [2.24, 2.45) is 11.8 Å². The average Bonchev–Trinajstić information content (AvgIpc) is 2.43. The minimum atomic E-state index is -0.0316. The van der Waals surface area contributed by atoms with Gasteiger partial charge in [-0.05, 0) is 31.8 Å². The predicted molar refractivity (Wildman–Crippen MR) is 86.2 cm³/mol. The minimum absolute atomic E-state index is 0.00796. The van der Waals surface area contributed by atoms with Gasteiger partial charge in [-0.2, -0.15) is 0 Å². The molecule has 4 unspecified atom stereocenters. The van der Waals surface area contributed by atoms with E-state index in [0.717, 1.165) is 17.9 Å². The van der Waals surface area contributed by atoms with E-state index in [1.165, 1.54) is 6.20 Å². The first-order valence-corrected chi connectivity index (χ1v) is 7.63. The maximum atomic E-state index is 10.6. The Hall–Kier alpha value is -1.67. The number of nitrogens with one attached hydrogen (secondary N) is 2. The van der Waals surface area contributed by atoms with Crippen molar-refractivity contribution in [3.05, 3.63) is 30.3 Å². The van der Waals surface area contributed by atoms with Crippen LogP contribution in [0.5, 0.6) is 0 Å². The molecule has 0 aromatic carbocycles. The number of rotatable bonds is 7. The van der Waals surface area contributed by atoms with Crippen molar-refractivity contribution in [3.63, 3.8) is 0 Å². The molecule has 0 aromatic rings. The van der Waals surface area contributed by atoms with Crippen LogP contribution in [-0.2, 0) is 9.53 Å². The van der Waals surface area contributed by atoms with Crippen LogP contribution in [0.3, 0.4) is 0 Å². The number of carbonyl (C=O) groups excluding carboxylic acids is 1. The van der Waals surface area contributed by atoms with Crippen LogP contribution in [0.4, 0.5) is 0 Å². The van der Waals surface area contributed by atoms with E-state index in [9.17, 15) is 4.79 Å². The van der Waals surface area contributed by atoms with Gasteiger partial charge in [0, 0.05) is 5.70 Å². The summed E-state index contributed by atoms with van der Waals surface area (Å²) in [6.07, 6.45) is 4.45. The molecular formula is C17H28N2O2. The van der Waals surface area contributed by atoms with Gasteiger partial charge in [-0.1, -0.05) is 33.8 Å². The van der Waals surface area contributed by atoms with Gasteiger partial charge in [0.25, 0.3) is 0 Å². The number of allylic oxidation sites excluding steroid dienone is 2. The fourth-order valence-corrected chi connectivity index (χ4v) is 2.76. The standard InChI is InChI=1S/C17H28N2O2/c1-7-12(4)14(6)17-16(18-8-9-20)15(19-11(2)3)10-13(5)21-17/h8,10,12,14-19H,2,7H2,1,3-6H3/t12?,14?,15?,16?,17-/m0/s1. The first kappa shape index (κ1) is 17.4. The maximum Gasteiger partial charge on any atom is 0.141 e. The quantitative estimate of drug-likeness (QED) is 0.708. The highest BCUT2D eigenvalue weighted by molar-refractivity contribution is 5.44. The highest BCUT2D eigenvalue weighted by atomic mass is 16.5. The normalized spacial score (nSPS) is 27.5. The molecule has 0 bridgehead atoms. The van der Waals surface area contributed by atoms with Crippen LogP contribution < -0.4 is 10.6 Å². The van der Waals surface area contributed by atoms with Gasteiger partial charge in [-0.25, -0.2) is 4.79 Å². The molecule has 1 rings (SSSR count). The second-order valence-electron chi connectivity index (χ2n) is 6.01. The number of hydrogen-bond acceptors (Lipinski definition) is 4. The van der Waals surface area contributed by atoms with E-state index in [0.29, 0.717) is 11.8 Å². The number of hydrogen-bond donors (Lipinski definition) is 2. The molecule has 0 saturated heterocycles. The SMILES string of the molecule is C=C(C)NC1C=C(C)O[C@@H](C(C)C(C)CC)C1NC=C=O. The first-order valence-electron chi connectivity index (χ1n) is 7.63. The van der Waals surface area contributed by atoms with Crippen molar-refractivity contribution in [3.8, 4) is 0 Å². The summed E-state index contributed by atoms with van der Waals surface area (Å²) in [5.74, 6) is 3.60. The smallest absolute Gasteiger partial charge is 0.141 e. The number of ether oxygens (including phenoxy) is 1. The van der Waals surface area contributed by atoms with Crippen molar-refractivity contribution < 1.29 is 9.53 Å². The fraction of sp³-hybridized carbons (Fsp3) is 0.647. The van der Waals surface area contributed by atoms with E-state index in [4.69, 9.17) is 4.74 Å². The maximum absolute atomic E-state index is 10.6. The van der Waals surface area contributed by atoms with E-state index in [1.54, 1.807) is 5.94 Å². The van der Waals surface area contributed by atoms with Crippen LogP contribution >= 0.6 is 0 Å². The van der Waals surface area contributed by atoms with Crippen LogP contribution in [0.2, 0.25) is 0 Å². The van der Waals surface area contributed by atoms with E-state index in [-0.39, 0.29) is 18.2 Å². The first-order chi connectivity index (χ1) is 9.90. The molecule has 4 nitrogen and oxygen atoms in total. The summed E-state index contributed by atoms with van der Waals surface area (Å²) < 4.78 is 6.07. The zero-order valence-corrected chi connectivity index (χ0v) is 13.8. The predicted octanol–water partition coefficient (Wildman–Crippen LogP) is 2.77. The van der Waals surface area contributed by atoms with Crippen LogP contribution in [0.1, 0.15) is 41.0 Å². The van der Waals surface area contributed by atoms with E-state index in [2.05, 4.69) is 38.0 Å². The molecule has 118 valence electrons. The lowest BCUT2D eigenvalue weighted by Crippen LogP contribution is -2.57. The summed E-state index contributed by atoms with van der Waals surface area (Å²) in [6, 6.07) is 0.00760. The Kier molecular flexibility index (Phi) is 6.57. The Morgan fingerprint density at radius 3 is 2.76 bits per heavy atom. The van der Waals surface area contributed by atoms with Crippen molar-refractivity contribution in [2.45, 2.75) is 59.2 Å². The molecule has 0 radical (unpaired) electrons. The third-order valence-electron chi connectivity index (χ3n) is 4.28. The van der Waals surface area contributed by atoms with Gasteiger partial charge in [-0.15, -0.1) is 0 Å². The third kappa shape index (κ3) is 4.68. The molecular weight excluding hydrogens is 264 g/mol. The molecule has 0 spiro atoms. The zero-order chi connectivity index (χ0) is 16.0. The Morgan fingerprint density at radius 1 is 1.57 bits per heavy atom. The lowest BCUT2D eigenvalue weighted by Gasteiger charge is -2.42. The molecule has 0 amide bonds. The second kappa shape index (κ2) is 7.94. The van der Waals surface area contributed by atoms with Gasteiger partial charge in [-0.3, -0.25) is 0 Å². The molecule has 0 aromatic heterocycles. The molecule has 1 aliphatic heterocycles. The Balaban J connectivity index is 3.05. The topological polar surface area (TPSA) is 50.4 Å². The average molecular weight is 292 g/mol. The summed E-state index contributed by atoms with van der Waals surface area (Å²) in [4.78, 5) is 10.6. The largest absolute Gasteiger partial charge is 0.493 e. The lowest BCUT2D eigenvalue weighted by atomic mass is 9.82. The molecule has 4 heteroatoms. The lowest BCUT2D eigenvalue weighted by molar-refractivity contribution is 0.00391. The van der Waals surface area contributed by atoms with Crippen molar-refractivity contribution in [1.82, 2.24) is 10.6 Å². The molecule has 2 N–H and O–H groups in total. The molecule has 21 heavy (non-hydrogen) atoms. The summed E-state index contributed by atoms with van der Waals surface area (Å²) in [6.45, 7) is 14.4. The van der Waals surface area contributed by atoms with Gasteiger partial charge in [0.15, 0.2) is 0 Å². The summed E-state index contributed by atoms with van der Waals surface area (Å²) in [5.41, 5.74) is 0.891. The fourth-order valence-electron chi connectivity index (χ4n) is 2.76. The molecule has 0 fully saturated rings. The van der Waals surface area contributed by atoms with Crippen LogP contribution in [0, 0.1) is 11.8 Å². The van der Waals surface area contributed by atoms with Crippen molar-refractivity contribution >= 4 is 5.94 Å². The molecule has 0 saturated carbocycles. The van der Waals surface area contributed by atoms with Crippen LogP contribution in [0.15, 0.2) is 30.3 Å².